The molecular formula is C21H27N5O3. The summed E-state index contributed by atoms with van der Waals surface area (Å²) < 4.78 is 1.89. The lowest BCUT2D eigenvalue weighted by Gasteiger charge is -2.33. The number of hydroxylamine groups is 1. The third-order valence-corrected chi connectivity index (χ3v) is 6.65. The van der Waals surface area contributed by atoms with Crippen LogP contribution in [0.2, 0.25) is 0 Å². The molecule has 29 heavy (non-hydrogen) atoms. The van der Waals surface area contributed by atoms with Crippen LogP contribution in [0, 0.1) is 5.92 Å². The van der Waals surface area contributed by atoms with Crippen LogP contribution in [0.1, 0.15) is 57.4 Å². The molecule has 154 valence electrons. The highest BCUT2D eigenvalue weighted by atomic mass is 16.7. The molecule has 3 heterocycles. The first-order chi connectivity index (χ1) is 14.1. The number of carboxylic acid groups (broad SMARTS) is 1. The van der Waals surface area contributed by atoms with Crippen molar-refractivity contribution in [1.29, 1.82) is 0 Å². The van der Waals surface area contributed by atoms with Crippen LogP contribution >= 0.6 is 0 Å². The van der Waals surface area contributed by atoms with Gasteiger partial charge in [-0.1, -0.05) is 0 Å². The summed E-state index contributed by atoms with van der Waals surface area (Å²) in [4.78, 5) is 21.9. The number of aryl methyl sites for hydroxylation is 1. The number of anilines is 1. The lowest BCUT2D eigenvalue weighted by atomic mass is 9.80. The molecule has 3 aliphatic rings. The van der Waals surface area contributed by atoms with E-state index in [-0.39, 0.29) is 17.6 Å². The molecule has 1 aliphatic heterocycles. The highest BCUT2D eigenvalue weighted by Gasteiger charge is 2.41. The summed E-state index contributed by atoms with van der Waals surface area (Å²) in [7, 11) is 0. The van der Waals surface area contributed by atoms with Gasteiger partial charge in [0.2, 0.25) is 0 Å². The second-order valence-corrected chi connectivity index (χ2v) is 8.46. The van der Waals surface area contributed by atoms with Gasteiger partial charge in [-0.2, -0.15) is 5.10 Å². The van der Waals surface area contributed by atoms with Crippen molar-refractivity contribution in [2.75, 3.05) is 5.32 Å². The van der Waals surface area contributed by atoms with E-state index in [1.807, 2.05) is 17.1 Å². The lowest BCUT2D eigenvalue weighted by molar-refractivity contribution is -0.142. The minimum Gasteiger partial charge on any atom is -0.481 e. The average molecular weight is 397 g/mol. The molecule has 0 atom stereocenters. The number of rotatable bonds is 5. The normalized spacial score (nSPS) is 25.5. The molecule has 8 nitrogen and oxygen atoms in total. The number of nitrogens with zero attached hydrogens (tertiary/aromatic N) is 3. The van der Waals surface area contributed by atoms with Gasteiger partial charge >= 0.3 is 5.97 Å². The third kappa shape index (κ3) is 3.15. The predicted molar refractivity (Wildman–Crippen MR) is 109 cm³/mol. The molecular weight excluding hydrogens is 370 g/mol. The second-order valence-electron chi connectivity index (χ2n) is 8.46. The zero-order valence-electron chi connectivity index (χ0n) is 16.6. The topological polar surface area (TPSA) is 101 Å². The molecule has 0 saturated heterocycles. The van der Waals surface area contributed by atoms with Gasteiger partial charge in [-0.15, -0.1) is 0 Å². The van der Waals surface area contributed by atoms with E-state index >= 15 is 0 Å². The molecule has 1 spiro atoms. The summed E-state index contributed by atoms with van der Waals surface area (Å²) in [6, 6.07) is 0.237. The molecule has 2 fully saturated rings. The van der Waals surface area contributed by atoms with E-state index in [0.29, 0.717) is 12.8 Å². The van der Waals surface area contributed by atoms with Crippen molar-refractivity contribution >= 4 is 28.4 Å². The Morgan fingerprint density at radius 3 is 2.76 bits per heavy atom. The number of hydrogen-bond donors (Lipinski definition) is 3. The SMILES string of the molecule is CCn1ncc2c(NC3CCC(C(=O)O)CC3)c(C3=CC4(CCC4)ON3)cnc21. The van der Waals surface area contributed by atoms with E-state index in [2.05, 4.69) is 33.9 Å². The predicted octanol–water partition coefficient (Wildman–Crippen LogP) is 3.30. The van der Waals surface area contributed by atoms with Crippen molar-refractivity contribution < 1.29 is 14.7 Å². The Morgan fingerprint density at radius 2 is 2.14 bits per heavy atom. The standard InChI is InChI=1S/C21H27N5O3/c1-2-26-19-16(12-23-26)18(24-14-6-4-13(5-7-14)20(27)28)15(11-22-19)17-10-21(29-25-17)8-3-9-21/h10-14,25H,2-9H2,1H3,(H,22,24)(H,27,28). The van der Waals surface area contributed by atoms with Crippen molar-refractivity contribution in [3.8, 4) is 0 Å². The van der Waals surface area contributed by atoms with Gasteiger partial charge in [0.15, 0.2) is 5.65 Å². The quantitative estimate of drug-likeness (QED) is 0.711. The van der Waals surface area contributed by atoms with Crippen LogP contribution in [-0.4, -0.2) is 37.5 Å². The minimum atomic E-state index is -0.678. The maximum atomic E-state index is 11.3. The van der Waals surface area contributed by atoms with E-state index in [0.717, 1.165) is 60.2 Å². The minimum absolute atomic E-state index is 0.172. The van der Waals surface area contributed by atoms with Gasteiger partial charge in [0.05, 0.1) is 28.9 Å². The molecule has 0 radical (unpaired) electrons. The number of aliphatic carboxylic acids is 1. The zero-order valence-corrected chi connectivity index (χ0v) is 16.6. The first kappa shape index (κ1) is 18.4. The number of hydrogen-bond acceptors (Lipinski definition) is 6. The van der Waals surface area contributed by atoms with Crippen molar-refractivity contribution in [3.63, 3.8) is 0 Å². The summed E-state index contributed by atoms with van der Waals surface area (Å²) in [5.41, 5.74) is 6.75. The Hall–Kier alpha value is -2.61. The van der Waals surface area contributed by atoms with Gasteiger partial charge in [-0.25, -0.2) is 9.67 Å². The fourth-order valence-electron chi connectivity index (χ4n) is 4.69. The summed E-state index contributed by atoms with van der Waals surface area (Å²) in [6.07, 6.45) is 12.3. The average Bonchev–Trinajstić information content (AvgIpc) is 3.33. The first-order valence-electron chi connectivity index (χ1n) is 10.6. The van der Waals surface area contributed by atoms with Gasteiger partial charge in [-0.3, -0.25) is 15.1 Å². The summed E-state index contributed by atoms with van der Waals surface area (Å²) in [5.74, 6) is -0.901. The molecule has 0 amide bonds. The summed E-state index contributed by atoms with van der Waals surface area (Å²) >= 11 is 0. The smallest absolute Gasteiger partial charge is 0.306 e. The highest BCUT2D eigenvalue weighted by Crippen LogP contribution is 2.43. The van der Waals surface area contributed by atoms with Gasteiger partial charge in [0.25, 0.3) is 0 Å². The van der Waals surface area contributed by atoms with Crippen LogP contribution < -0.4 is 10.8 Å². The van der Waals surface area contributed by atoms with Gasteiger partial charge in [-0.05, 0) is 57.9 Å². The Bertz CT molecular complexity index is 970. The summed E-state index contributed by atoms with van der Waals surface area (Å²) in [6.45, 7) is 2.81. The fourth-order valence-corrected chi connectivity index (χ4v) is 4.69. The van der Waals surface area contributed by atoms with Crippen molar-refractivity contribution in [2.45, 2.75) is 70.1 Å². The van der Waals surface area contributed by atoms with Crippen LogP contribution in [0.5, 0.6) is 0 Å². The number of fused-ring (bicyclic) bond motifs is 1. The monoisotopic (exact) mass is 397 g/mol. The third-order valence-electron chi connectivity index (χ3n) is 6.65. The number of carboxylic acids is 1. The zero-order chi connectivity index (χ0) is 20.0. The highest BCUT2D eigenvalue weighted by molar-refractivity contribution is 5.95. The molecule has 8 heteroatoms. The van der Waals surface area contributed by atoms with E-state index in [9.17, 15) is 9.90 Å². The van der Waals surface area contributed by atoms with Gasteiger partial charge in [0.1, 0.15) is 5.60 Å². The second kappa shape index (κ2) is 7.02. The molecule has 2 saturated carbocycles. The van der Waals surface area contributed by atoms with Crippen LogP contribution in [0.25, 0.3) is 16.7 Å². The fraction of sp³-hybridized carbons (Fsp3) is 0.571. The molecule has 0 bridgehead atoms. The molecule has 2 aromatic heterocycles. The maximum absolute atomic E-state index is 11.3. The molecule has 2 aliphatic carbocycles. The Balaban J connectivity index is 1.49. The number of aromatic nitrogens is 3. The lowest BCUT2D eigenvalue weighted by Crippen LogP contribution is -2.36. The van der Waals surface area contributed by atoms with E-state index in [1.54, 1.807) is 0 Å². The molecule has 2 aromatic rings. The van der Waals surface area contributed by atoms with Crippen LogP contribution in [0.3, 0.4) is 0 Å². The van der Waals surface area contributed by atoms with Crippen molar-refractivity contribution in [2.24, 2.45) is 5.92 Å². The molecule has 3 N–H and O–H groups in total. The van der Waals surface area contributed by atoms with E-state index in [1.165, 1.54) is 6.42 Å². The maximum Gasteiger partial charge on any atom is 0.306 e. The van der Waals surface area contributed by atoms with Crippen LogP contribution in [0.4, 0.5) is 5.69 Å². The molecule has 0 aromatic carbocycles. The van der Waals surface area contributed by atoms with Gasteiger partial charge in [0, 0.05) is 24.3 Å². The first-order valence-corrected chi connectivity index (χ1v) is 10.6. The molecule has 5 rings (SSSR count). The van der Waals surface area contributed by atoms with Gasteiger partial charge < -0.3 is 10.4 Å². The number of carbonyl (C=O) groups is 1. The van der Waals surface area contributed by atoms with Crippen molar-refractivity contribution in [3.05, 3.63) is 24.0 Å². The van der Waals surface area contributed by atoms with Crippen molar-refractivity contribution in [1.82, 2.24) is 20.2 Å². The van der Waals surface area contributed by atoms with Crippen LogP contribution in [-0.2, 0) is 16.2 Å². The van der Waals surface area contributed by atoms with E-state index in [4.69, 9.17) is 4.84 Å². The Labute approximate surface area is 169 Å². The summed E-state index contributed by atoms with van der Waals surface area (Å²) in [5, 5.41) is 18.5. The Kier molecular flexibility index (Phi) is 4.46. The van der Waals surface area contributed by atoms with Crippen LogP contribution in [0.15, 0.2) is 18.5 Å². The largest absolute Gasteiger partial charge is 0.481 e. The Morgan fingerprint density at radius 1 is 1.34 bits per heavy atom. The van der Waals surface area contributed by atoms with E-state index < -0.39 is 5.97 Å². The molecule has 0 unspecified atom stereocenters. The number of pyridine rings is 1. The number of nitrogens with one attached hydrogen (secondary N) is 2.